The van der Waals surface area contributed by atoms with E-state index in [1.54, 1.807) is 12.4 Å². The molecule has 0 saturated carbocycles. The maximum Gasteiger partial charge on any atom is 0.151 e. The standard InChI is InChI=1S/C14H18N4O/c1-3-8-19-12-6-4-11(5-7-12)17-14-10-16-9-13(15-2)18-14/h4-7,9-10H,3,8H2,1-2H3,(H2,15,17,18). The molecule has 0 bridgehead atoms. The third-order valence-corrected chi connectivity index (χ3v) is 2.49. The number of ether oxygens (including phenoxy) is 1. The molecule has 2 N–H and O–H groups in total. The Labute approximate surface area is 113 Å². The molecule has 2 rings (SSSR count). The molecule has 0 aliphatic rings. The Balaban J connectivity index is 2.02. The van der Waals surface area contributed by atoms with Gasteiger partial charge < -0.3 is 15.4 Å². The van der Waals surface area contributed by atoms with Gasteiger partial charge in [0.1, 0.15) is 11.6 Å². The van der Waals surface area contributed by atoms with Crippen LogP contribution in [0.1, 0.15) is 13.3 Å². The minimum atomic E-state index is 0.703. The van der Waals surface area contributed by atoms with E-state index in [0.29, 0.717) is 5.82 Å². The van der Waals surface area contributed by atoms with Gasteiger partial charge in [-0.25, -0.2) is 4.98 Å². The molecule has 0 unspecified atom stereocenters. The lowest BCUT2D eigenvalue weighted by molar-refractivity contribution is 0.317. The Morgan fingerprint density at radius 1 is 1.11 bits per heavy atom. The molecule has 0 aliphatic heterocycles. The van der Waals surface area contributed by atoms with Gasteiger partial charge in [-0.05, 0) is 30.7 Å². The number of nitrogens with one attached hydrogen (secondary N) is 2. The van der Waals surface area contributed by atoms with Crippen LogP contribution in [0.3, 0.4) is 0 Å². The minimum absolute atomic E-state index is 0.703. The zero-order chi connectivity index (χ0) is 13.5. The van der Waals surface area contributed by atoms with Crippen LogP contribution in [0, 0.1) is 0 Å². The van der Waals surface area contributed by atoms with Crippen molar-refractivity contribution >= 4 is 17.3 Å². The second-order valence-corrected chi connectivity index (χ2v) is 4.04. The highest BCUT2D eigenvalue weighted by atomic mass is 16.5. The Bertz CT molecular complexity index is 513. The van der Waals surface area contributed by atoms with Crippen LogP contribution in [0.15, 0.2) is 36.7 Å². The number of benzene rings is 1. The number of hydrogen-bond acceptors (Lipinski definition) is 5. The van der Waals surface area contributed by atoms with Gasteiger partial charge in [0.2, 0.25) is 0 Å². The number of anilines is 3. The van der Waals surface area contributed by atoms with E-state index in [2.05, 4.69) is 27.5 Å². The fraction of sp³-hybridized carbons (Fsp3) is 0.286. The molecule has 1 aromatic carbocycles. The average Bonchev–Trinajstić information content (AvgIpc) is 2.47. The smallest absolute Gasteiger partial charge is 0.151 e. The van der Waals surface area contributed by atoms with Crippen molar-refractivity contribution in [3.63, 3.8) is 0 Å². The van der Waals surface area contributed by atoms with E-state index in [0.717, 1.165) is 30.3 Å². The van der Waals surface area contributed by atoms with Crippen molar-refractivity contribution in [1.29, 1.82) is 0 Å². The van der Waals surface area contributed by atoms with Crippen molar-refractivity contribution in [2.75, 3.05) is 24.3 Å². The van der Waals surface area contributed by atoms with Gasteiger partial charge in [0, 0.05) is 12.7 Å². The highest BCUT2D eigenvalue weighted by Gasteiger charge is 1.99. The Morgan fingerprint density at radius 2 is 1.84 bits per heavy atom. The number of rotatable bonds is 6. The first-order chi connectivity index (χ1) is 9.31. The summed E-state index contributed by atoms with van der Waals surface area (Å²) < 4.78 is 5.53. The minimum Gasteiger partial charge on any atom is -0.494 e. The molecule has 0 amide bonds. The van der Waals surface area contributed by atoms with Crippen molar-refractivity contribution in [2.24, 2.45) is 0 Å². The third-order valence-electron chi connectivity index (χ3n) is 2.49. The number of hydrogen-bond donors (Lipinski definition) is 2. The maximum atomic E-state index is 5.53. The summed E-state index contributed by atoms with van der Waals surface area (Å²) in [6.45, 7) is 2.83. The number of aromatic nitrogens is 2. The molecule has 2 aromatic rings. The van der Waals surface area contributed by atoms with Crippen LogP contribution >= 0.6 is 0 Å². The molecule has 0 fully saturated rings. The van der Waals surface area contributed by atoms with Crippen LogP contribution in [0.5, 0.6) is 5.75 Å². The summed E-state index contributed by atoms with van der Waals surface area (Å²) in [5.41, 5.74) is 0.950. The van der Waals surface area contributed by atoms with E-state index < -0.39 is 0 Å². The molecule has 0 saturated heterocycles. The fourth-order valence-electron chi connectivity index (χ4n) is 1.55. The molecule has 1 heterocycles. The molecule has 19 heavy (non-hydrogen) atoms. The first kappa shape index (κ1) is 13.1. The lowest BCUT2D eigenvalue weighted by atomic mass is 10.3. The summed E-state index contributed by atoms with van der Waals surface area (Å²) in [4.78, 5) is 8.44. The summed E-state index contributed by atoms with van der Waals surface area (Å²) in [5.74, 6) is 2.31. The molecule has 5 nitrogen and oxygen atoms in total. The Morgan fingerprint density at radius 3 is 2.53 bits per heavy atom. The monoisotopic (exact) mass is 258 g/mol. The second-order valence-electron chi connectivity index (χ2n) is 4.04. The average molecular weight is 258 g/mol. The predicted molar refractivity (Wildman–Crippen MR) is 77.1 cm³/mol. The zero-order valence-corrected chi connectivity index (χ0v) is 11.2. The first-order valence-corrected chi connectivity index (χ1v) is 6.31. The van der Waals surface area contributed by atoms with Crippen molar-refractivity contribution in [3.05, 3.63) is 36.7 Å². The van der Waals surface area contributed by atoms with Gasteiger partial charge in [-0.1, -0.05) is 6.92 Å². The molecule has 100 valence electrons. The number of nitrogens with zero attached hydrogens (tertiary/aromatic N) is 2. The highest BCUT2D eigenvalue weighted by Crippen LogP contribution is 2.19. The van der Waals surface area contributed by atoms with Crippen LogP contribution < -0.4 is 15.4 Å². The van der Waals surface area contributed by atoms with E-state index in [-0.39, 0.29) is 0 Å². The highest BCUT2D eigenvalue weighted by molar-refractivity contribution is 5.57. The summed E-state index contributed by atoms with van der Waals surface area (Å²) in [6, 6.07) is 7.79. The van der Waals surface area contributed by atoms with E-state index in [9.17, 15) is 0 Å². The molecule has 5 heteroatoms. The van der Waals surface area contributed by atoms with Crippen LogP contribution in [-0.2, 0) is 0 Å². The largest absolute Gasteiger partial charge is 0.494 e. The van der Waals surface area contributed by atoms with E-state index in [4.69, 9.17) is 4.74 Å². The van der Waals surface area contributed by atoms with Gasteiger partial charge in [0.15, 0.2) is 5.82 Å². The third kappa shape index (κ3) is 3.84. The van der Waals surface area contributed by atoms with Gasteiger partial charge in [0.05, 0.1) is 19.0 Å². The maximum absolute atomic E-state index is 5.53. The summed E-state index contributed by atoms with van der Waals surface area (Å²) >= 11 is 0. The normalized spacial score (nSPS) is 10.0. The van der Waals surface area contributed by atoms with Crippen molar-refractivity contribution in [3.8, 4) is 5.75 Å². The van der Waals surface area contributed by atoms with Gasteiger partial charge in [0.25, 0.3) is 0 Å². The van der Waals surface area contributed by atoms with E-state index in [1.165, 1.54) is 0 Å². The summed E-state index contributed by atoms with van der Waals surface area (Å²) in [5, 5.41) is 6.14. The molecule has 0 atom stereocenters. The predicted octanol–water partition coefficient (Wildman–Crippen LogP) is 3.05. The van der Waals surface area contributed by atoms with E-state index in [1.807, 2.05) is 31.3 Å². The van der Waals surface area contributed by atoms with Gasteiger partial charge in [-0.2, -0.15) is 0 Å². The molecule has 0 aliphatic carbocycles. The van der Waals surface area contributed by atoms with Crippen LogP contribution in [0.4, 0.5) is 17.3 Å². The summed E-state index contributed by atoms with van der Waals surface area (Å²) in [7, 11) is 1.81. The fourth-order valence-corrected chi connectivity index (χ4v) is 1.55. The van der Waals surface area contributed by atoms with Crippen molar-refractivity contribution in [2.45, 2.75) is 13.3 Å². The quantitative estimate of drug-likeness (QED) is 0.834. The molecule has 1 aromatic heterocycles. The van der Waals surface area contributed by atoms with Gasteiger partial charge in [-0.15, -0.1) is 0 Å². The van der Waals surface area contributed by atoms with Crippen LogP contribution in [-0.4, -0.2) is 23.6 Å². The molecule has 0 radical (unpaired) electrons. The van der Waals surface area contributed by atoms with Crippen LogP contribution in [0.25, 0.3) is 0 Å². The van der Waals surface area contributed by atoms with Crippen LogP contribution in [0.2, 0.25) is 0 Å². The first-order valence-electron chi connectivity index (χ1n) is 6.31. The van der Waals surface area contributed by atoms with Crippen molar-refractivity contribution < 1.29 is 4.74 Å². The lowest BCUT2D eigenvalue weighted by Gasteiger charge is -2.08. The Hall–Kier alpha value is -2.30. The zero-order valence-electron chi connectivity index (χ0n) is 11.2. The molecular weight excluding hydrogens is 240 g/mol. The second kappa shape index (κ2) is 6.58. The molecule has 0 spiro atoms. The van der Waals surface area contributed by atoms with Crippen molar-refractivity contribution in [1.82, 2.24) is 9.97 Å². The SMILES string of the molecule is CCCOc1ccc(Nc2cncc(NC)n2)cc1. The molecular formula is C14H18N4O. The topological polar surface area (TPSA) is 59.1 Å². The lowest BCUT2D eigenvalue weighted by Crippen LogP contribution is -1.99. The van der Waals surface area contributed by atoms with Gasteiger partial charge >= 0.3 is 0 Å². The van der Waals surface area contributed by atoms with E-state index >= 15 is 0 Å². The summed E-state index contributed by atoms with van der Waals surface area (Å²) in [6.07, 6.45) is 4.36. The van der Waals surface area contributed by atoms with Gasteiger partial charge in [-0.3, -0.25) is 4.98 Å². The Kier molecular flexibility index (Phi) is 4.55.